The van der Waals surface area contributed by atoms with E-state index in [2.05, 4.69) is 21.2 Å². The smallest absolute Gasteiger partial charge is 0.168 e. The zero-order valence-corrected chi connectivity index (χ0v) is 9.00. The first-order valence-electron chi connectivity index (χ1n) is 3.42. The highest BCUT2D eigenvalue weighted by Gasteiger charge is 1.98. The van der Waals surface area contributed by atoms with Crippen molar-refractivity contribution in [3.63, 3.8) is 0 Å². The van der Waals surface area contributed by atoms with Crippen LogP contribution in [-0.2, 0) is 0 Å². The van der Waals surface area contributed by atoms with Gasteiger partial charge in [-0.2, -0.15) is 0 Å². The number of hydrogen-bond donors (Lipinski definition) is 2. The Morgan fingerprint density at radius 3 is 2.75 bits per heavy atom. The molecule has 0 spiro atoms. The second-order valence-electron chi connectivity index (χ2n) is 2.47. The minimum Gasteiger partial charge on any atom is -0.376 e. The molecule has 1 aromatic rings. The minimum absolute atomic E-state index is 0.277. The summed E-state index contributed by atoms with van der Waals surface area (Å²) in [4.78, 5) is 0. The Morgan fingerprint density at radius 2 is 2.25 bits per heavy atom. The van der Waals surface area contributed by atoms with Crippen LogP contribution >= 0.6 is 28.1 Å². The Labute approximate surface area is 85.3 Å². The molecule has 0 fully saturated rings. The predicted molar refractivity (Wildman–Crippen MR) is 59.3 cm³/mol. The average Bonchev–Trinajstić information content (AvgIpc) is 1.94. The van der Waals surface area contributed by atoms with Gasteiger partial charge in [0.1, 0.15) is 0 Å². The number of nitrogens with one attached hydrogen (secondary N) is 1. The van der Waals surface area contributed by atoms with Crippen molar-refractivity contribution in [2.75, 3.05) is 5.32 Å². The van der Waals surface area contributed by atoms with Crippen LogP contribution in [0.25, 0.3) is 0 Å². The van der Waals surface area contributed by atoms with Gasteiger partial charge in [0, 0.05) is 4.47 Å². The van der Waals surface area contributed by atoms with E-state index in [4.69, 9.17) is 18.0 Å². The first-order chi connectivity index (χ1) is 5.59. The quantitative estimate of drug-likeness (QED) is 0.746. The van der Waals surface area contributed by atoms with Gasteiger partial charge in [-0.1, -0.05) is 6.07 Å². The van der Waals surface area contributed by atoms with Gasteiger partial charge in [-0.15, -0.1) is 0 Å². The van der Waals surface area contributed by atoms with Crippen LogP contribution in [0.3, 0.4) is 0 Å². The molecule has 0 bridgehead atoms. The van der Waals surface area contributed by atoms with Gasteiger partial charge in [0.05, 0.1) is 5.69 Å². The van der Waals surface area contributed by atoms with Gasteiger partial charge in [-0.3, -0.25) is 0 Å². The molecule has 0 radical (unpaired) electrons. The Kier molecular flexibility index (Phi) is 3.05. The predicted octanol–water partition coefficient (Wildman–Crippen LogP) is 2.41. The maximum Gasteiger partial charge on any atom is 0.168 e. The maximum atomic E-state index is 5.33. The molecule has 1 rings (SSSR count). The van der Waals surface area contributed by atoms with Crippen molar-refractivity contribution in [2.45, 2.75) is 6.92 Å². The lowest BCUT2D eigenvalue weighted by Crippen LogP contribution is -2.19. The lowest BCUT2D eigenvalue weighted by Gasteiger charge is -2.06. The van der Waals surface area contributed by atoms with E-state index in [1.165, 1.54) is 5.56 Å². The molecule has 0 unspecified atom stereocenters. The summed E-state index contributed by atoms with van der Waals surface area (Å²) < 4.78 is 0.968. The molecule has 0 aliphatic rings. The summed E-state index contributed by atoms with van der Waals surface area (Å²) in [6.07, 6.45) is 0. The molecule has 1 aromatic carbocycles. The molecule has 0 heterocycles. The topological polar surface area (TPSA) is 38.0 Å². The fourth-order valence-electron chi connectivity index (χ4n) is 0.854. The van der Waals surface area contributed by atoms with Crippen molar-refractivity contribution < 1.29 is 0 Å². The summed E-state index contributed by atoms with van der Waals surface area (Å²) in [5, 5.41) is 3.14. The second kappa shape index (κ2) is 3.87. The maximum absolute atomic E-state index is 5.33. The number of halogens is 1. The number of benzene rings is 1. The van der Waals surface area contributed by atoms with E-state index in [-0.39, 0.29) is 5.11 Å². The van der Waals surface area contributed by atoms with Gasteiger partial charge in [-0.05, 0) is 52.8 Å². The van der Waals surface area contributed by atoms with Crippen LogP contribution in [0.15, 0.2) is 22.7 Å². The molecule has 4 heteroatoms. The molecule has 0 aliphatic carbocycles. The Bertz CT molecular complexity index is 312. The largest absolute Gasteiger partial charge is 0.376 e. The van der Waals surface area contributed by atoms with Crippen molar-refractivity contribution in [1.29, 1.82) is 0 Å². The summed E-state index contributed by atoms with van der Waals surface area (Å²) in [7, 11) is 0. The summed E-state index contributed by atoms with van der Waals surface area (Å²) in [5.41, 5.74) is 7.42. The van der Waals surface area contributed by atoms with E-state index in [1.807, 2.05) is 25.1 Å². The highest BCUT2D eigenvalue weighted by Crippen LogP contribution is 2.22. The normalized spacial score (nSPS) is 9.50. The average molecular weight is 245 g/mol. The number of thiocarbonyl (C=S) groups is 1. The summed E-state index contributed by atoms with van der Waals surface area (Å²) in [6, 6.07) is 5.92. The van der Waals surface area contributed by atoms with Crippen molar-refractivity contribution >= 4 is 38.9 Å². The summed E-state index contributed by atoms with van der Waals surface area (Å²) in [6.45, 7) is 2.02. The molecule has 0 saturated heterocycles. The molecule has 3 N–H and O–H groups in total. The first-order valence-corrected chi connectivity index (χ1v) is 4.62. The van der Waals surface area contributed by atoms with Gasteiger partial charge in [-0.25, -0.2) is 0 Å². The molecular weight excluding hydrogens is 236 g/mol. The van der Waals surface area contributed by atoms with Crippen LogP contribution < -0.4 is 11.1 Å². The SMILES string of the molecule is Cc1ccc(NC(N)=S)c(Br)c1. The molecule has 2 nitrogen and oxygen atoms in total. The lowest BCUT2D eigenvalue weighted by atomic mass is 10.2. The summed E-state index contributed by atoms with van der Waals surface area (Å²) >= 11 is 8.11. The van der Waals surface area contributed by atoms with Crippen molar-refractivity contribution in [3.05, 3.63) is 28.2 Å². The molecule has 0 aliphatic heterocycles. The number of aryl methyl sites for hydroxylation is 1. The van der Waals surface area contributed by atoms with Crippen molar-refractivity contribution in [3.8, 4) is 0 Å². The standard InChI is InChI=1S/C8H9BrN2S/c1-5-2-3-7(6(9)4-5)11-8(10)12/h2-4H,1H3,(H3,10,11,12). The van der Waals surface area contributed by atoms with Gasteiger partial charge in [0.2, 0.25) is 0 Å². The van der Waals surface area contributed by atoms with Gasteiger partial charge in [0.15, 0.2) is 5.11 Å². The van der Waals surface area contributed by atoms with Crippen molar-refractivity contribution in [2.24, 2.45) is 5.73 Å². The molecule has 0 amide bonds. The highest BCUT2D eigenvalue weighted by molar-refractivity contribution is 9.10. The van der Waals surface area contributed by atoms with E-state index in [0.29, 0.717) is 0 Å². The zero-order valence-electron chi connectivity index (χ0n) is 6.60. The first kappa shape index (κ1) is 9.48. The Hall–Kier alpha value is -0.610. The van der Waals surface area contributed by atoms with Crippen LogP contribution in [0.1, 0.15) is 5.56 Å². The van der Waals surface area contributed by atoms with Gasteiger partial charge < -0.3 is 11.1 Å². The van der Waals surface area contributed by atoms with Crippen LogP contribution in [0, 0.1) is 6.92 Å². The third-order valence-corrected chi connectivity index (χ3v) is 2.14. The third-order valence-electron chi connectivity index (χ3n) is 1.38. The summed E-state index contributed by atoms with van der Waals surface area (Å²) in [5.74, 6) is 0. The van der Waals surface area contributed by atoms with E-state index in [9.17, 15) is 0 Å². The van der Waals surface area contributed by atoms with E-state index in [0.717, 1.165) is 10.2 Å². The van der Waals surface area contributed by atoms with Crippen LogP contribution in [0.4, 0.5) is 5.69 Å². The fourth-order valence-corrected chi connectivity index (χ4v) is 1.56. The molecule has 0 atom stereocenters. The molecule has 64 valence electrons. The third kappa shape index (κ3) is 2.46. The van der Waals surface area contributed by atoms with Gasteiger partial charge in [0.25, 0.3) is 0 Å². The molecular formula is C8H9BrN2S. The monoisotopic (exact) mass is 244 g/mol. The Morgan fingerprint density at radius 1 is 1.58 bits per heavy atom. The van der Waals surface area contributed by atoms with Gasteiger partial charge >= 0.3 is 0 Å². The van der Waals surface area contributed by atoms with Crippen LogP contribution in [0.2, 0.25) is 0 Å². The number of hydrogen-bond acceptors (Lipinski definition) is 1. The Balaban J connectivity index is 2.93. The lowest BCUT2D eigenvalue weighted by molar-refractivity contribution is 1.44. The van der Waals surface area contributed by atoms with E-state index < -0.39 is 0 Å². The van der Waals surface area contributed by atoms with Crippen LogP contribution in [-0.4, -0.2) is 5.11 Å². The number of nitrogens with two attached hydrogens (primary N) is 1. The highest BCUT2D eigenvalue weighted by atomic mass is 79.9. The fraction of sp³-hybridized carbons (Fsp3) is 0.125. The second-order valence-corrected chi connectivity index (χ2v) is 3.77. The van der Waals surface area contributed by atoms with E-state index in [1.54, 1.807) is 0 Å². The molecule has 12 heavy (non-hydrogen) atoms. The van der Waals surface area contributed by atoms with E-state index >= 15 is 0 Å². The van der Waals surface area contributed by atoms with Crippen LogP contribution in [0.5, 0.6) is 0 Å². The molecule has 0 saturated carbocycles. The van der Waals surface area contributed by atoms with Crippen molar-refractivity contribution in [1.82, 2.24) is 0 Å². The number of rotatable bonds is 1. The zero-order chi connectivity index (χ0) is 9.14. The molecule has 0 aromatic heterocycles. The number of anilines is 1. The minimum atomic E-state index is 0.277.